The highest BCUT2D eigenvalue weighted by Crippen LogP contribution is 2.10. The van der Waals surface area contributed by atoms with E-state index in [-0.39, 0.29) is 0 Å². The lowest BCUT2D eigenvalue weighted by Crippen LogP contribution is -1.84. The van der Waals surface area contributed by atoms with Gasteiger partial charge in [0, 0.05) is 0 Å². The highest BCUT2D eigenvalue weighted by atomic mass is 32.1. The molecule has 0 unspecified atom stereocenters. The zero-order valence-electron chi connectivity index (χ0n) is 7.84. The zero-order chi connectivity index (χ0) is 9.02. The Balaban J connectivity index is 0.000000461. The number of thiol groups is 1. The molecule has 0 aliphatic carbocycles. The van der Waals surface area contributed by atoms with E-state index in [1.54, 1.807) is 4.09 Å². The summed E-state index contributed by atoms with van der Waals surface area (Å²) in [5.41, 5.74) is 3.41. The quantitative estimate of drug-likeness (QED) is 0.595. The minimum absolute atomic E-state index is 1.06. The maximum atomic E-state index is 4.09. The van der Waals surface area contributed by atoms with Crippen LogP contribution >= 0.6 is 12.8 Å². The summed E-state index contributed by atoms with van der Waals surface area (Å²) in [6.45, 7) is 10.0. The van der Waals surface area contributed by atoms with E-state index >= 15 is 0 Å². The van der Waals surface area contributed by atoms with Crippen LogP contribution in [0.4, 0.5) is 0 Å². The molecule has 0 bridgehead atoms. The van der Waals surface area contributed by atoms with E-state index in [1.165, 1.54) is 5.56 Å². The van der Waals surface area contributed by atoms with Crippen LogP contribution in [0.2, 0.25) is 0 Å². The minimum atomic E-state index is 1.06. The molecule has 1 rings (SSSR count). The largest absolute Gasteiger partial charge is 0.214 e. The van der Waals surface area contributed by atoms with Crippen LogP contribution in [-0.2, 0) is 0 Å². The van der Waals surface area contributed by atoms with Crippen LogP contribution in [-0.4, -0.2) is 9.19 Å². The summed E-state index contributed by atoms with van der Waals surface area (Å²) in [4.78, 5) is 0. The van der Waals surface area contributed by atoms with E-state index in [1.807, 2.05) is 34.6 Å². The minimum Gasteiger partial charge on any atom is -0.214 e. The molecule has 1 aromatic heterocycles. The molecule has 0 aliphatic heterocycles. The van der Waals surface area contributed by atoms with Gasteiger partial charge >= 0.3 is 0 Å². The smallest absolute Gasteiger partial charge is 0.0636 e. The fourth-order valence-electron chi connectivity index (χ4n) is 0.704. The first-order valence-corrected chi connectivity index (χ1v) is 4.25. The lowest BCUT2D eigenvalue weighted by molar-refractivity contribution is 0.955. The molecule has 0 N–H and O–H groups in total. The standard InChI is InChI=1S/C6H10N2S.C2H6/c1-4-5(2)7-8(9)6(4)3;1-2/h9H,1-3H3;1-2H3. The van der Waals surface area contributed by atoms with Crippen molar-refractivity contribution in [1.82, 2.24) is 9.19 Å². The predicted octanol–water partition coefficient (Wildman–Crippen LogP) is 2.53. The molecule has 64 valence electrons. The van der Waals surface area contributed by atoms with Crippen molar-refractivity contribution in [2.45, 2.75) is 34.6 Å². The average Bonchev–Trinajstić information content (AvgIpc) is 2.22. The van der Waals surface area contributed by atoms with Gasteiger partial charge < -0.3 is 0 Å². The maximum Gasteiger partial charge on any atom is 0.0636 e. The van der Waals surface area contributed by atoms with Gasteiger partial charge in [0.15, 0.2) is 0 Å². The molecule has 0 aliphatic rings. The van der Waals surface area contributed by atoms with Gasteiger partial charge in [-0.25, -0.2) is 4.09 Å². The van der Waals surface area contributed by atoms with Crippen molar-refractivity contribution in [1.29, 1.82) is 0 Å². The Labute approximate surface area is 74.2 Å². The Hall–Kier alpha value is -0.440. The normalized spacial score (nSPS) is 8.91. The zero-order valence-corrected chi connectivity index (χ0v) is 8.74. The van der Waals surface area contributed by atoms with Crippen LogP contribution in [0.3, 0.4) is 0 Å². The Morgan fingerprint density at radius 2 is 1.64 bits per heavy atom. The summed E-state index contributed by atoms with van der Waals surface area (Å²) in [6, 6.07) is 0. The first-order valence-electron chi connectivity index (χ1n) is 3.85. The van der Waals surface area contributed by atoms with E-state index in [2.05, 4.69) is 17.9 Å². The summed E-state index contributed by atoms with van der Waals surface area (Å²) in [5.74, 6) is 0. The Kier molecular flexibility index (Phi) is 4.26. The third-order valence-electron chi connectivity index (χ3n) is 1.63. The monoisotopic (exact) mass is 172 g/mol. The van der Waals surface area contributed by atoms with E-state index in [4.69, 9.17) is 0 Å². The molecule has 0 spiro atoms. The fraction of sp³-hybridized carbons (Fsp3) is 0.625. The molecule has 0 radical (unpaired) electrons. The molecule has 0 saturated carbocycles. The first-order chi connectivity index (χ1) is 5.13. The number of hydrogen-bond donors (Lipinski definition) is 1. The van der Waals surface area contributed by atoms with Gasteiger partial charge in [0.05, 0.1) is 11.4 Å². The van der Waals surface area contributed by atoms with Gasteiger partial charge in [-0.2, -0.15) is 5.10 Å². The van der Waals surface area contributed by atoms with Crippen LogP contribution in [0.1, 0.15) is 30.8 Å². The van der Waals surface area contributed by atoms with Gasteiger partial charge in [0.2, 0.25) is 0 Å². The predicted molar refractivity (Wildman–Crippen MR) is 52.2 cm³/mol. The van der Waals surface area contributed by atoms with Crippen LogP contribution in [0.15, 0.2) is 0 Å². The SMILES string of the molecule is CC.Cc1nn(S)c(C)c1C. The lowest BCUT2D eigenvalue weighted by atomic mass is 10.2. The van der Waals surface area contributed by atoms with E-state index in [9.17, 15) is 0 Å². The molecule has 1 aromatic rings. The summed E-state index contributed by atoms with van der Waals surface area (Å²) in [5, 5.41) is 4.09. The molecule has 11 heavy (non-hydrogen) atoms. The highest BCUT2D eigenvalue weighted by molar-refractivity contribution is 7.78. The Morgan fingerprint density at radius 1 is 1.18 bits per heavy atom. The van der Waals surface area contributed by atoms with Crippen molar-refractivity contribution < 1.29 is 0 Å². The number of hydrogen-bond acceptors (Lipinski definition) is 2. The molecule has 0 aromatic carbocycles. The summed E-state index contributed by atoms with van der Waals surface area (Å²) in [6.07, 6.45) is 0. The van der Waals surface area contributed by atoms with Crippen molar-refractivity contribution >= 4 is 12.8 Å². The molecular formula is C8H16N2S. The van der Waals surface area contributed by atoms with Gasteiger partial charge in [-0.1, -0.05) is 13.8 Å². The second-order valence-electron chi connectivity index (χ2n) is 2.19. The molecule has 2 nitrogen and oxygen atoms in total. The fourth-order valence-corrected chi connectivity index (χ4v) is 0.988. The van der Waals surface area contributed by atoms with Gasteiger partial charge in [-0.3, -0.25) is 0 Å². The topological polar surface area (TPSA) is 17.8 Å². The van der Waals surface area contributed by atoms with Gasteiger partial charge in [-0.05, 0) is 39.1 Å². The van der Waals surface area contributed by atoms with Crippen LogP contribution in [0.5, 0.6) is 0 Å². The summed E-state index contributed by atoms with van der Waals surface area (Å²) >= 11 is 4.09. The number of nitrogens with zero attached hydrogens (tertiary/aromatic N) is 2. The van der Waals surface area contributed by atoms with Crippen molar-refractivity contribution in [2.75, 3.05) is 0 Å². The molecule has 1 heterocycles. The third-order valence-corrected chi connectivity index (χ3v) is 2.02. The maximum absolute atomic E-state index is 4.09. The van der Waals surface area contributed by atoms with Crippen LogP contribution in [0.25, 0.3) is 0 Å². The van der Waals surface area contributed by atoms with E-state index in [0.717, 1.165) is 11.4 Å². The molecule has 3 heteroatoms. The number of aryl methyl sites for hydroxylation is 1. The average molecular weight is 172 g/mol. The van der Waals surface area contributed by atoms with Crippen molar-refractivity contribution in [3.8, 4) is 0 Å². The van der Waals surface area contributed by atoms with Crippen molar-refractivity contribution in [3.63, 3.8) is 0 Å². The van der Waals surface area contributed by atoms with E-state index < -0.39 is 0 Å². The third kappa shape index (κ3) is 2.26. The van der Waals surface area contributed by atoms with Gasteiger partial charge in [0.25, 0.3) is 0 Å². The molecule has 0 saturated heterocycles. The second-order valence-corrected chi connectivity index (χ2v) is 2.56. The first kappa shape index (κ1) is 10.6. The Morgan fingerprint density at radius 3 is 1.73 bits per heavy atom. The number of rotatable bonds is 0. The Bertz CT molecular complexity index is 206. The van der Waals surface area contributed by atoms with Crippen LogP contribution < -0.4 is 0 Å². The summed E-state index contributed by atoms with van der Waals surface area (Å²) < 4.78 is 1.60. The highest BCUT2D eigenvalue weighted by Gasteiger charge is 2.02. The van der Waals surface area contributed by atoms with E-state index in [0.29, 0.717) is 0 Å². The molecule has 0 fully saturated rings. The summed E-state index contributed by atoms with van der Waals surface area (Å²) in [7, 11) is 0. The number of aromatic nitrogens is 2. The molecule has 0 atom stereocenters. The van der Waals surface area contributed by atoms with Gasteiger partial charge in [-0.15, -0.1) is 0 Å². The lowest BCUT2D eigenvalue weighted by Gasteiger charge is -1.89. The molecular weight excluding hydrogens is 156 g/mol. The van der Waals surface area contributed by atoms with Crippen LogP contribution in [0, 0.1) is 20.8 Å². The molecule has 0 amide bonds. The van der Waals surface area contributed by atoms with Gasteiger partial charge in [0.1, 0.15) is 0 Å². The van der Waals surface area contributed by atoms with Crippen molar-refractivity contribution in [3.05, 3.63) is 17.0 Å². The second kappa shape index (κ2) is 4.44. The van der Waals surface area contributed by atoms with Crippen molar-refractivity contribution in [2.24, 2.45) is 0 Å².